The van der Waals surface area contributed by atoms with Crippen LogP contribution in [-0.4, -0.2) is 33.8 Å². The predicted molar refractivity (Wildman–Crippen MR) is 132 cm³/mol. The monoisotopic (exact) mass is 530 g/mol. The average molecular weight is 531 g/mol. The third kappa shape index (κ3) is 6.94. The summed E-state index contributed by atoms with van der Waals surface area (Å²) in [5.74, 6) is 3.46. The van der Waals surface area contributed by atoms with E-state index in [2.05, 4.69) is 52.2 Å². The molecule has 2 aromatic rings. The molecule has 0 aliphatic heterocycles. The van der Waals surface area contributed by atoms with Crippen LogP contribution in [0.15, 0.2) is 22.5 Å². The van der Waals surface area contributed by atoms with Crippen LogP contribution in [0.25, 0.3) is 0 Å². The van der Waals surface area contributed by atoms with Gasteiger partial charge in [-0.3, -0.25) is 0 Å². The minimum absolute atomic E-state index is 0. The van der Waals surface area contributed by atoms with E-state index in [0.717, 1.165) is 43.0 Å². The van der Waals surface area contributed by atoms with Gasteiger partial charge in [0.25, 0.3) is 0 Å². The number of hydrogen-bond acceptors (Lipinski definition) is 4. The zero-order valence-corrected chi connectivity index (χ0v) is 21.2. The number of rotatable bonds is 8. The summed E-state index contributed by atoms with van der Waals surface area (Å²) < 4.78 is 2.00. The van der Waals surface area contributed by atoms with Crippen LogP contribution in [-0.2, 0) is 20.0 Å². The molecule has 1 aliphatic carbocycles. The first-order valence-electron chi connectivity index (χ1n) is 10.3. The van der Waals surface area contributed by atoms with Crippen molar-refractivity contribution in [2.24, 2.45) is 23.4 Å². The Kier molecular flexibility index (Phi) is 9.39. The Morgan fingerprint density at radius 3 is 2.66 bits per heavy atom. The molecule has 6 nitrogen and oxygen atoms in total. The lowest BCUT2D eigenvalue weighted by Crippen LogP contribution is -2.44. The van der Waals surface area contributed by atoms with Crippen molar-refractivity contribution in [3.63, 3.8) is 0 Å². The van der Waals surface area contributed by atoms with E-state index in [0.29, 0.717) is 6.54 Å². The predicted octanol–water partition coefficient (Wildman–Crippen LogP) is 4.30. The molecule has 0 spiro atoms. The molecule has 0 radical (unpaired) electrons. The van der Waals surface area contributed by atoms with E-state index in [-0.39, 0.29) is 29.4 Å². The topological polar surface area (TPSA) is 67.1 Å². The minimum atomic E-state index is 0. The number of nitrogens with zero attached hydrogens (tertiary/aromatic N) is 4. The van der Waals surface area contributed by atoms with E-state index < -0.39 is 0 Å². The largest absolute Gasteiger partial charge is 0.356 e. The summed E-state index contributed by atoms with van der Waals surface area (Å²) in [7, 11) is 1.99. The smallest absolute Gasteiger partial charge is 0.191 e. The molecule has 1 saturated carbocycles. The van der Waals surface area contributed by atoms with Gasteiger partial charge in [-0.1, -0.05) is 32.8 Å². The Labute approximate surface area is 196 Å². The highest BCUT2D eigenvalue weighted by molar-refractivity contribution is 14.0. The summed E-state index contributed by atoms with van der Waals surface area (Å²) in [6.45, 7) is 9.04. The van der Waals surface area contributed by atoms with Gasteiger partial charge in [-0.2, -0.15) is 0 Å². The molecular formula is C21H35IN6S. The van der Waals surface area contributed by atoms with Gasteiger partial charge < -0.3 is 15.2 Å². The fourth-order valence-electron chi connectivity index (χ4n) is 3.83. The molecule has 162 valence electrons. The molecule has 29 heavy (non-hydrogen) atoms. The van der Waals surface area contributed by atoms with Crippen LogP contribution in [0.2, 0.25) is 0 Å². The number of halogens is 1. The first kappa shape index (κ1) is 24.1. The second-order valence-electron chi connectivity index (χ2n) is 8.47. The minimum Gasteiger partial charge on any atom is -0.356 e. The quantitative estimate of drug-likeness (QED) is 0.304. The van der Waals surface area contributed by atoms with Gasteiger partial charge in [-0.25, -0.2) is 4.99 Å². The van der Waals surface area contributed by atoms with E-state index in [1.54, 1.807) is 11.3 Å². The van der Waals surface area contributed by atoms with E-state index in [9.17, 15) is 0 Å². The standard InChI is InChI=1S/C21H34N6S.HI/c1-16-25-26-19(27(16)4)14-23-20(22-12-11-18-10-7-13-28-18)24-15-21(2,3)17-8-5-6-9-17;/h7,10,13,17H,5-6,8-9,11-12,14-15H2,1-4H3,(H2,22,23,24);1H. The second-order valence-corrected chi connectivity index (χ2v) is 9.50. The molecule has 3 rings (SSSR count). The molecule has 0 amide bonds. The Hall–Kier alpha value is -1.16. The first-order chi connectivity index (χ1) is 13.5. The number of guanidine groups is 1. The molecule has 2 N–H and O–H groups in total. The molecular weight excluding hydrogens is 495 g/mol. The summed E-state index contributed by atoms with van der Waals surface area (Å²) in [6, 6.07) is 4.29. The zero-order valence-electron chi connectivity index (χ0n) is 18.1. The SMILES string of the molecule is Cc1nnc(CN=C(NCCc2cccs2)NCC(C)(C)C2CCCC2)n1C.I. The maximum absolute atomic E-state index is 4.79. The van der Waals surface area contributed by atoms with Crippen molar-refractivity contribution in [1.29, 1.82) is 0 Å². The molecule has 1 aliphatic rings. The van der Waals surface area contributed by atoms with Crippen LogP contribution in [0.4, 0.5) is 0 Å². The second kappa shape index (κ2) is 11.3. The van der Waals surface area contributed by atoms with Crippen molar-refractivity contribution in [3.05, 3.63) is 34.0 Å². The van der Waals surface area contributed by atoms with Gasteiger partial charge in [0.05, 0.1) is 0 Å². The van der Waals surface area contributed by atoms with Crippen LogP contribution in [0.3, 0.4) is 0 Å². The molecule has 2 aromatic heterocycles. The Morgan fingerprint density at radius 1 is 1.28 bits per heavy atom. The Balaban J connectivity index is 0.00000300. The average Bonchev–Trinajstić information content (AvgIpc) is 3.42. The fraction of sp³-hybridized carbons (Fsp3) is 0.667. The summed E-state index contributed by atoms with van der Waals surface area (Å²) in [4.78, 5) is 6.18. The van der Waals surface area contributed by atoms with E-state index in [1.807, 2.05) is 18.5 Å². The number of aromatic nitrogens is 3. The van der Waals surface area contributed by atoms with Gasteiger partial charge in [0, 0.05) is 25.0 Å². The van der Waals surface area contributed by atoms with Crippen LogP contribution >= 0.6 is 35.3 Å². The van der Waals surface area contributed by atoms with Gasteiger partial charge in [-0.05, 0) is 49.0 Å². The molecule has 0 aromatic carbocycles. The van der Waals surface area contributed by atoms with Crippen molar-refractivity contribution in [1.82, 2.24) is 25.4 Å². The third-order valence-corrected chi connectivity index (χ3v) is 6.91. The lowest BCUT2D eigenvalue weighted by Gasteiger charge is -2.32. The van der Waals surface area contributed by atoms with Crippen molar-refractivity contribution in [2.45, 2.75) is 59.4 Å². The zero-order chi connectivity index (χ0) is 20.0. The Bertz CT molecular complexity index is 762. The van der Waals surface area contributed by atoms with Crippen molar-refractivity contribution in [2.75, 3.05) is 13.1 Å². The van der Waals surface area contributed by atoms with Gasteiger partial charge >= 0.3 is 0 Å². The van der Waals surface area contributed by atoms with E-state index in [1.165, 1.54) is 30.6 Å². The number of nitrogens with one attached hydrogen (secondary N) is 2. The molecule has 0 unspecified atom stereocenters. The van der Waals surface area contributed by atoms with Crippen LogP contribution in [0.1, 0.15) is 56.1 Å². The summed E-state index contributed by atoms with van der Waals surface area (Å²) >= 11 is 1.80. The molecule has 0 bridgehead atoms. The molecule has 0 atom stereocenters. The van der Waals surface area contributed by atoms with E-state index >= 15 is 0 Å². The highest BCUT2D eigenvalue weighted by atomic mass is 127. The highest BCUT2D eigenvalue weighted by Crippen LogP contribution is 2.38. The number of aryl methyl sites for hydroxylation is 1. The first-order valence-corrected chi connectivity index (χ1v) is 11.2. The lowest BCUT2D eigenvalue weighted by atomic mass is 9.78. The van der Waals surface area contributed by atoms with Crippen molar-refractivity contribution < 1.29 is 0 Å². The molecule has 2 heterocycles. The van der Waals surface area contributed by atoms with Crippen LogP contribution in [0.5, 0.6) is 0 Å². The van der Waals surface area contributed by atoms with Gasteiger partial charge in [-0.15, -0.1) is 45.5 Å². The molecule has 0 saturated heterocycles. The summed E-state index contributed by atoms with van der Waals surface area (Å²) in [5, 5.41) is 17.6. The lowest BCUT2D eigenvalue weighted by molar-refractivity contribution is 0.218. The third-order valence-electron chi connectivity index (χ3n) is 5.98. The van der Waals surface area contributed by atoms with Gasteiger partial charge in [0.1, 0.15) is 12.4 Å². The van der Waals surface area contributed by atoms with Gasteiger partial charge in [0.2, 0.25) is 0 Å². The van der Waals surface area contributed by atoms with E-state index in [4.69, 9.17) is 4.99 Å². The van der Waals surface area contributed by atoms with Crippen molar-refractivity contribution >= 4 is 41.3 Å². The summed E-state index contributed by atoms with van der Waals surface area (Å²) in [6.07, 6.45) is 6.46. The molecule has 1 fully saturated rings. The van der Waals surface area contributed by atoms with Crippen LogP contribution < -0.4 is 10.6 Å². The number of thiophene rings is 1. The maximum atomic E-state index is 4.79. The summed E-state index contributed by atoms with van der Waals surface area (Å²) in [5.41, 5.74) is 0.272. The maximum Gasteiger partial charge on any atom is 0.191 e. The van der Waals surface area contributed by atoms with Crippen molar-refractivity contribution in [3.8, 4) is 0 Å². The number of aliphatic imine (C=N–C) groups is 1. The normalized spacial score (nSPS) is 15.4. The highest BCUT2D eigenvalue weighted by Gasteiger charge is 2.31. The van der Waals surface area contributed by atoms with Gasteiger partial charge in [0.15, 0.2) is 11.8 Å². The number of hydrogen-bond donors (Lipinski definition) is 2. The Morgan fingerprint density at radius 2 is 2.03 bits per heavy atom. The molecule has 8 heteroatoms. The fourth-order valence-corrected chi connectivity index (χ4v) is 4.54. The van der Waals surface area contributed by atoms with Crippen LogP contribution in [0, 0.1) is 18.3 Å².